The minimum absolute atomic E-state index is 0.137. The summed E-state index contributed by atoms with van der Waals surface area (Å²) in [5, 5.41) is 14.6. The van der Waals surface area contributed by atoms with Crippen LogP contribution in [0, 0.1) is 0 Å². The van der Waals surface area contributed by atoms with Gasteiger partial charge in [-0.3, -0.25) is 4.79 Å². The fourth-order valence-electron chi connectivity index (χ4n) is 2.07. The molecule has 0 spiro atoms. The van der Waals surface area contributed by atoms with Gasteiger partial charge in [0.25, 0.3) is 5.91 Å². The Labute approximate surface area is 115 Å². The third-order valence-electron chi connectivity index (χ3n) is 3.17. The molecule has 0 saturated heterocycles. The Hall–Kier alpha value is -1.95. The van der Waals surface area contributed by atoms with Crippen molar-refractivity contribution in [2.75, 3.05) is 12.4 Å². The van der Waals surface area contributed by atoms with E-state index in [2.05, 4.69) is 33.0 Å². The topological polar surface area (TPSA) is 66.9 Å². The van der Waals surface area contributed by atoms with Crippen LogP contribution in [0.5, 0.6) is 0 Å². The van der Waals surface area contributed by atoms with Gasteiger partial charge >= 0.3 is 0 Å². The summed E-state index contributed by atoms with van der Waals surface area (Å²) in [6.45, 7) is 0. The second-order valence-electron chi connectivity index (χ2n) is 4.50. The number of nitrogens with one attached hydrogen (secondary N) is 2. The molecule has 3 rings (SSSR count). The van der Waals surface area contributed by atoms with E-state index in [1.165, 1.54) is 16.9 Å². The third-order valence-corrected chi connectivity index (χ3v) is 4.11. The maximum absolute atomic E-state index is 12.0. The van der Waals surface area contributed by atoms with Crippen molar-refractivity contribution in [1.82, 2.24) is 15.5 Å². The van der Waals surface area contributed by atoms with Crippen molar-refractivity contribution in [2.24, 2.45) is 0 Å². The first-order chi connectivity index (χ1) is 9.28. The molecule has 1 heterocycles. The molecular formula is C13H14N4OS. The number of nitrogens with zero attached hydrogens (tertiary/aromatic N) is 2. The Bertz CT molecular complexity index is 583. The number of aromatic nitrogens is 2. The molecule has 0 bridgehead atoms. The number of benzene rings is 1. The van der Waals surface area contributed by atoms with Gasteiger partial charge in [-0.1, -0.05) is 41.7 Å². The normalized spacial score (nSPS) is 20.9. The van der Waals surface area contributed by atoms with Crippen molar-refractivity contribution >= 4 is 22.4 Å². The lowest BCUT2D eigenvalue weighted by atomic mass is 10.1. The smallest absolute Gasteiger partial charge is 0.282 e. The van der Waals surface area contributed by atoms with Gasteiger partial charge < -0.3 is 10.6 Å². The number of anilines is 1. The molecule has 2 N–H and O–H groups in total. The van der Waals surface area contributed by atoms with Gasteiger partial charge in [0.2, 0.25) is 10.1 Å². The number of carbonyl (C=O) groups excluding carboxylic acids is 1. The summed E-state index contributed by atoms with van der Waals surface area (Å²) in [7, 11) is 1.76. The second-order valence-corrected chi connectivity index (χ2v) is 5.47. The molecule has 0 aliphatic heterocycles. The number of amides is 1. The summed E-state index contributed by atoms with van der Waals surface area (Å²) >= 11 is 1.26. The molecule has 6 heteroatoms. The molecule has 98 valence electrons. The molecule has 1 fully saturated rings. The molecule has 2 atom stereocenters. The predicted octanol–water partition coefficient (Wildman–Crippen LogP) is 1.87. The molecular weight excluding hydrogens is 260 g/mol. The largest absolute Gasteiger partial charge is 0.363 e. The van der Waals surface area contributed by atoms with Gasteiger partial charge in [0, 0.05) is 19.0 Å². The van der Waals surface area contributed by atoms with Crippen LogP contribution >= 0.6 is 11.3 Å². The Morgan fingerprint density at radius 3 is 2.79 bits per heavy atom. The average Bonchev–Trinajstić information content (AvgIpc) is 3.04. The minimum Gasteiger partial charge on any atom is -0.363 e. The van der Waals surface area contributed by atoms with Gasteiger partial charge in [0.1, 0.15) is 0 Å². The number of hydrogen-bond acceptors (Lipinski definition) is 5. The van der Waals surface area contributed by atoms with Crippen LogP contribution in [0.15, 0.2) is 30.3 Å². The van der Waals surface area contributed by atoms with Crippen molar-refractivity contribution in [3.05, 3.63) is 40.9 Å². The standard InChI is InChI=1S/C13H14N4OS/c1-14-13-17-16-12(19-13)11(18)15-10-7-9(10)8-5-3-2-4-6-8/h2-6,9-10H,7H2,1H3,(H,14,17)(H,15,18). The molecule has 19 heavy (non-hydrogen) atoms. The van der Waals surface area contributed by atoms with Crippen LogP contribution in [0.4, 0.5) is 5.13 Å². The fourth-order valence-corrected chi connectivity index (χ4v) is 2.67. The Morgan fingerprint density at radius 2 is 2.11 bits per heavy atom. The first-order valence-electron chi connectivity index (χ1n) is 6.15. The van der Waals surface area contributed by atoms with E-state index >= 15 is 0 Å². The zero-order chi connectivity index (χ0) is 13.2. The van der Waals surface area contributed by atoms with Gasteiger partial charge in [-0.15, -0.1) is 10.2 Å². The summed E-state index contributed by atoms with van der Waals surface area (Å²) in [4.78, 5) is 12.0. The van der Waals surface area contributed by atoms with Crippen molar-refractivity contribution in [3.8, 4) is 0 Å². The van der Waals surface area contributed by atoms with E-state index in [0.717, 1.165) is 6.42 Å². The highest BCUT2D eigenvalue weighted by molar-refractivity contribution is 7.17. The lowest BCUT2D eigenvalue weighted by Crippen LogP contribution is -2.26. The molecule has 0 radical (unpaired) electrons. The van der Waals surface area contributed by atoms with Gasteiger partial charge in [-0.2, -0.15) is 0 Å². The van der Waals surface area contributed by atoms with Crippen LogP contribution in [0.3, 0.4) is 0 Å². The zero-order valence-corrected chi connectivity index (χ0v) is 11.3. The molecule has 1 aliphatic rings. The predicted molar refractivity (Wildman–Crippen MR) is 74.5 cm³/mol. The first-order valence-corrected chi connectivity index (χ1v) is 6.96. The molecule has 1 aromatic carbocycles. The summed E-state index contributed by atoms with van der Waals surface area (Å²) in [5.41, 5.74) is 1.28. The van der Waals surface area contributed by atoms with Crippen molar-refractivity contribution < 1.29 is 4.79 Å². The van der Waals surface area contributed by atoms with Crippen molar-refractivity contribution in [2.45, 2.75) is 18.4 Å². The fraction of sp³-hybridized carbons (Fsp3) is 0.308. The highest BCUT2D eigenvalue weighted by Crippen LogP contribution is 2.40. The van der Waals surface area contributed by atoms with E-state index in [1.807, 2.05) is 18.2 Å². The van der Waals surface area contributed by atoms with Gasteiger partial charge in [0.05, 0.1) is 0 Å². The molecule has 1 aliphatic carbocycles. The molecule has 1 amide bonds. The van der Waals surface area contributed by atoms with E-state index in [-0.39, 0.29) is 11.9 Å². The van der Waals surface area contributed by atoms with E-state index in [1.54, 1.807) is 7.05 Å². The van der Waals surface area contributed by atoms with E-state index in [9.17, 15) is 4.79 Å². The lowest BCUT2D eigenvalue weighted by Gasteiger charge is -2.02. The first kappa shape index (κ1) is 12.1. The monoisotopic (exact) mass is 274 g/mol. The lowest BCUT2D eigenvalue weighted by molar-refractivity contribution is 0.0949. The molecule has 2 aromatic rings. The van der Waals surface area contributed by atoms with Crippen LogP contribution in [-0.2, 0) is 0 Å². The van der Waals surface area contributed by atoms with E-state index in [4.69, 9.17) is 0 Å². The average molecular weight is 274 g/mol. The summed E-state index contributed by atoms with van der Waals surface area (Å²) in [5.74, 6) is 0.296. The maximum Gasteiger partial charge on any atom is 0.282 e. The summed E-state index contributed by atoms with van der Waals surface area (Å²) in [6, 6.07) is 10.5. The van der Waals surface area contributed by atoms with Crippen LogP contribution < -0.4 is 10.6 Å². The number of rotatable bonds is 4. The Morgan fingerprint density at radius 1 is 1.32 bits per heavy atom. The maximum atomic E-state index is 12.0. The Kier molecular flexibility index (Phi) is 3.16. The molecule has 1 aromatic heterocycles. The zero-order valence-electron chi connectivity index (χ0n) is 10.5. The van der Waals surface area contributed by atoms with Crippen LogP contribution in [0.2, 0.25) is 0 Å². The quantitative estimate of drug-likeness (QED) is 0.893. The highest BCUT2D eigenvalue weighted by atomic mass is 32.1. The summed E-state index contributed by atoms with van der Waals surface area (Å²) < 4.78 is 0. The second kappa shape index (κ2) is 4.97. The molecule has 1 saturated carbocycles. The van der Waals surface area contributed by atoms with Crippen LogP contribution in [0.25, 0.3) is 0 Å². The van der Waals surface area contributed by atoms with Gasteiger partial charge in [-0.05, 0) is 12.0 Å². The SMILES string of the molecule is CNc1nnc(C(=O)NC2CC2c2ccccc2)s1. The number of carbonyl (C=O) groups is 1. The van der Waals surface area contributed by atoms with Gasteiger partial charge in [0.15, 0.2) is 0 Å². The number of hydrogen-bond donors (Lipinski definition) is 2. The van der Waals surface area contributed by atoms with E-state index < -0.39 is 0 Å². The third kappa shape index (κ3) is 2.58. The van der Waals surface area contributed by atoms with Crippen LogP contribution in [0.1, 0.15) is 27.7 Å². The highest BCUT2D eigenvalue weighted by Gasteiger charge is 2.39. The van der Waals surface area contributed by atoms with Crippen LogP contribution in [-0.4, -0.2) is 29.2 Å². The van der Waals surface area contributed by atoms with Crippen molar-refractivity contribution in [1.29, 1.82) is 0 Å². The molecule has 5 nitrogen and oxygen atoms in total. The van der Waals surface area contributed by atoms with Gasteiger partial charge in [-0.25, -0.2) is 0 Å². The van der Waals surface area contributed by atoms with E-state index in [0.29, 0.717) is 16.1 Å². The minimum atomic E-state index is -0.137. The Balaban J connectivity index is 1.60. The summed E-state index contributed by atoms with van der Waals surface area (Å²) in [6.07, 6.45) is 0.993. The molecule has 2 unspecified atom stereocenters. The van der Waals surface area contributed by atoms with Crippen molar-refractivity contribution in [3.63, 3.8) is 0 Å².